The Bertz CT molecular complexity index is 693. The molecule has 2 rings (SSSR count). The molecule has 6 nitrogen and oxygen atoms in total. The lowest BCUT2D eigenvalue weighted by molar-refractivity contribution is 0.230. The number of benzene rings is 1. The van der Waals surface area contributed by atoms with Crippen molar-refractivity contribution in [2.45, 2.75) is 20.0 Å². The number of anilines is 1. The van der Waals surface area contributed by atoms with Crippen LogP contribution >= 0.6 is 0 Å². The van der Waals surface area contributed by atoms with Crippen LogP contribution in [0.5, 0.6) is 11.5 Å². The first-order chi connectivity index (χ1) is 10.0. The van der Waals surface area contributed by atoms with Gasteiger partial charge in [-0.1, -0.05) is 0 Å². The fourth-order valence-electron chi connectivity index (χ4n) is 1.78. The first-order valence-corrected chi connectivity index (χ1v) is 6.42. The molecule has 21 heavy (non-hydrogen) atoms. The maximum Gasteiger partial charge on any atom is 0.161 e. The number of nitrogens with zero attached hydrogens (tertiary/aromatic N) is 3. The number of hydrogen-bond acceptors (Lipinski definition) is 6. The van der Waals surface area contributed by atoms with Crippen LogP contribution < -0.4 is 15.2 Å². The van der Waals surface area contributed by atoms with Crippen LogP contribution in [-0.2, 0) is 0 Å². The molecule has 0 saturated heterocycles. The van der Waals surface area contributed by atoms with E-state index in [-0.39, 0.29) is 17.5 Å². The number of nitrogen functional groups attached to an aromatic ring is 1. The predicted molar refractivity (Wildman–Crippen MR) is 78.9 cm³/mol. The summed E-state index contributed by atoms with van der Waals surface area (Å²) in [6.07, 6.45) is 1.45. The van der Waals surface area contributed by atoms with Gasteiger partial charge in [-0.2, -0.15) is 5.26 Å². The van der Waals surface area contributed by atoms with Crippen molar-refractivity contribution in [2.75, 3.05) is 12.8 Å². The molecule has 0 aliphatic heterocycles. The van der Waals surface area contributed by atoms with Gasteiger partial charge < -0.3 is 15.2 Å². The van der Waals surface area contributed by atoms with Crippen LogP contribution in [0.1, 0.15) is 19.4 Å². The van der Waals surface area contributed by atoms with Gasteiger partial charge in [0.2, 0.25) is 0 Å². The van der Waals surface area contributed by atoms with Crippen LogP contribution in [0.3, 0.4) is 0 Å². The van der Waals surface area contributed by atoms with E-state index in [1.54, 1.807) is 19.2 Å². The van der Waals surface area contributed by atoms with Gasteiger partial charge in [0.25, 0.3) is 0 Å². The van der Waals surface area contributed by atoms with Crippen molar-refractivity contribution in [1.82, 2.24) is 9.97 Å². The normalized spacial score (nSPS) is 10.2. The van der Waals surface area contributed by atoms with Crippen LogP contribution in [0.25, 0.3) is 11.4 Å². The van der Waals surface area contributed by atoms with Crippen molar-refractivity contribution in [3.05, 3.63) is 30.0 Å². The monoisotopic (exact) mass is 284 g/mol. The minimum Gasteiger partial charge on any atom is -0.493 e. The molecule has 1 aromatic heterocycles. The minimum atomic E-state index is 0.0477. The van der Waals surface area contributed by atoms with Gasteiger partial charge in [-0.15, -0.1) is 0 Å². The summed E-state index contributed by atoms with van der Waals surface area (Å²) in [5.74, 6) is 1.83. The summed E-state index contributed by atoms with van der Waals surface area (Å²) in [7, 11) is 1.57. The second-order valence-electron chi connectivity index (χ2n) is 4.64. The highest BCUT2D eigenvalue weighted by atomic mass is 16.5. The SMILES string of the molecule is COc1cc(-c2ncc(C#N)c(N)n2)ccc1OC(C)C. The van der Waals surface area contributed by atoms with Gasteiger partial charge in [0.1, 0.15) is 17.5 Å². The number of aromatic nitrogens is 2. The lowest BCUT2D eigenvalue weighted by Gasteiger charge is -2.14. The Kier molecular flexibility index (Phi) is 4.24. The first kappa shape index (κ1) is 14.6. The Morgan fingerprint density at radius 3 is 2.62 bits per heavy atom. The number of hydrogen-bond donors (Lipinski definition) is 1. The summed E-state index contributed by atoms with van der Waals surface area (Å²) in [5.41, 5.74) is 6.70. The summed E-state index contributed by atoms with van der Waals surface area (Å²) in [6.45, 7) is 3.88. The molecule has 6 heteroatoms. The highest BCUT2D eigenvalue weighted by Crippen LogP contribution is 2.32. The second kappa shape index (κ2) is 6.09. The predicted octanol–water partition coefficient (Wildman–Crippen LogP) is 2.39. The molecule has 2 aromatic rings. The summed E-state index contributed by atoms with van der Waals surface area (Å²) >= 11 is 0. The fourth-order valence-corrected chi connectivity index (χ4v) is 1.78. The van der Waals surface area contributed by atoms with Crippen molar-refractivity contribution < 1.29 is 9.47 Å². The van der Waals surface area contributed by atoms with Gasteiger partial charge in [0.15, 0.2) is 17.3 Å². The van der Waals surface area contributed by atoms with Gasteiger partial charge in [-0.3, -0.25) is 0 Å². The lowest BCUT2D eigenvalue weighted by Crippen LogP contribution is -2.06. The number of ether oxygens (including phenoxy) is 2. The summed E-state index contributed by atoms with van der Waals surface area (Å²) < 4.78 is 11.0. The Labute approximate surface area is 123 Å². The largest absolute Gasteiger partial charge is 0.493 e. The van der Waals surface area contributed by atoms with Crippen molar-refractivity contribution in [1.29, 1.82) is 5.26 Å². The maximum absolute atomic E-state index is 8.84. The maximum atomic E-state index is 8.84. The van der Waals surface area contributed by atoms with E-state index in [9.17, 15) is 0 Å². The van der Waals surface area contributed by atoms with Gasteiger partial charge >= 0.3 is 0 Å². The number of nitriles is 1. The Hall–Kier alpha value is -2.81. The Morgan fingerprint density at radius 2 is 2.05 bits per heavy atom. The Morgan fingerprint density at radius 1 is 1.29 bits per heavy atom. The smallest absolute Gasteiger partial charge is 0.161 e. The molecule has 108 valence electrons. The number of methoxy groups -OCH3 is 1. The van der Waals surface area contributed by atoms with Crippen LogP contribution in [0.15, 0.2) is 24.4 Å². The molecule has 0 atom stereocenters. The number of nitrogens with two attached hydrogens (primary N) is 1. The van der Waals surface area contributed by atoms with Crippen molar-refractivity contribution in [2.24, 2.45) is 0 Å². The third-order valence-corrected chi connectivity index (χ3v) is 2.72. The molecular formula is C15H16N4O2. The average Bonchev–Trinajstić information content (AvgIpc) is 2.47. The van der Waals surface area contributed by atoms with Crippen molar-refractivity contribution >= 4 is 5.82 Å². The topological polar surface area (TPSA) is 94.0 Å². The van der Waals surface area contributed by atoms with E-state index in [1.807, 2.05) is 26.0 Å². The van der Waals surface area contributed by atoms with Gasteiger partial charge in [-0.25, -0.2) is 9.97 Å². The summed E-state index contributed by atoms with van der Waals surface area (Å²) in [6, 6.07) is 7.33. The van der Waals surface area contributed by atoms with E-state index in [2.05, 4.69) is 9.97 Å². The van der Waals surface area contributed by atoms with Crippen molar-refractivity contribution in [3.8, 4) is 29.0 Å². The quantitative estimate of drug-likeness (QED) is 0.926. The molecule has 0 unspecified atom stereocenters. The molecule has 0 spiro atoms. The molecule has 1 aromatic carbocycles. The van der Waals surface area contributed by atoms with E-state index in [1.165, 1.54) is 6.20 Å². The summed E-state index contributed by atoms with van der Waals surface area (Å²) in [5, 5.41) is 8.84. The van der Waals surface area contributed by atoms with Gasteiger partial charge in [0, 0.05) is 5.56 Å². The Balaban J connectivity index is 2.41. The average molecular weight is 284 g/mol. The standard InChI is InChI=1S/C15H16N4O2/c1-9(2)21-12-5-4-10(6-13(12)20-3)15-18-8-11(7-16)14(17)19-15/h4-6,8-9H,1-3H3,(H2,17,18,19). The molecular weight excluding hydrogens is 268 g/mol. The molecule has 0 aliphatic rings. The molecule has 0 radical (unpaired) electrons. The van der Waals surface area contributed by atoms with Crippen LogP contribution in [0.2, 0.25) is 0 Å². The molecule has 2 N–H and O–H groups in total. The third kappa shape index (κ3) is 3.20. The molecule has 0 aliphatic carbocycles. The van der Waals surface area contributed by atoms with Crippen molar-refractivity contribution in [3.63, 3.8) is 0 Å². The van der Waals surface area contributed by atoms with E-state index >= 15 is 0 Å². The zero-order chi connectivity index (χ0) is 15.4. The first-order valence-electron chi connectivity index (χ1n) is 6.42. The zero-order valence-corrected chi connectivity index (χ0v) is 12.1. The third-order valence-electron chi connectivity index (χ3n) is 2.72. The van der Waals surface area contributed by atoms with E-state index in [4.69, 9.17) is 20.5 Å². The van der Waals surface area contributed by atoms with E-state index in [0.29, 0.717) is 17.3 Å². The van der Waals surface area contributed by atoms with Crippen LogP contribution in [0, 0.1) is 11.3 Å². The van der Waals surface area contributed by atoms with E-state index < -0.39 is 0 Å². The highest BCUT2D eigenvalue weighted by Gasteiger charge is 2.11. The molecule has 0 saturated carbocycles. The van der Waals surface area contributed by atoms with Crippen LogP contribution in [0.4, 0.5) is 5.82 Å². The van der Waals surface area contributed by atoms with E-state index in [0.717, 1.165) is 5.56 Å². The molecule has 0 fully saturated rings. The van der Waals surface area contributed by atoms with Gasteiger partial charge in [0.05, 0.1) is 19.4 Å². The second-order valence-corrected chi connectivity index (χ2v) is 4.64. The number of rotatable bonds is 4. The molecule has 1 heterocycles. The highest BCUT2D eigenvalue weighted by molar-refractivity contribution is 5.63. The minimum absolute atomic E-state index is 0.0477. The zero-order valence-electron chi connectivity index (χ0n) is 12.1. The molecule has 0 amide bonds. The lowest BCUT2D eigenvalue weighted by atomic mass is 10.2. The van der Waals surface area contributed by atoms with Gasteiger partial charge in [-0.05, 0) is 32.0 Å². The summed E-state index contributed by atoms with van der Waals surface area (Å²) in [4.78, 5) is 8.26. The fraction of sp³-hybridized carbons (Fsp3) is 0.267. The molecule has 0 bridgehead atoms. The van der Waals surface area contributed by atoms with Crippen LogP contribution in [-0.4, -0.2) is 23.2 Å².